The van der Waals surface area contributed by atoms with Crippen molar-refractivity contribution in [1.29, 1.82) is 0 Å². The third-order valence-corrected chi connectivity index (χ3v) is 3.84. The summed E-state index contributed by atoms with van der Waals surface area (Å²) in [5, 5.41) is 6.27. The molecular weight excluding hydrogens is 312 g/mol. The van der Waals surface area contributed by atoms with Crippen LogP contribution in [-0.4, -0.2) is 18.7 Å². The Morgan fingerprint density at radius 1 is 1.04 bits per heavy atom. The highest BCUT2D eigenvalue weighted by Gasteiger charge is 2.06. The monoisotopic (exact) mass is 332 g/mol. The zero-order valence-electron chi connectivity index (χ0n) is 14.1. The minimum absolute atomic E-state index is 0.151. The molecule has 0 saturated heterocycles. The molecule has 0 fully saturated rings. The van der Waals surface area contributed by atoms with Crippen molar-refractivity contribution in [2.75, 3.05) is 6.61 Å². The maximum Gasteiger partial charge on any atom is 0.244 e. The van der Waals surface area contributed by atoms with Crippen LogP contribution in [0.3, 0.4) is 0 Å². The van der Waals surface area contributed by atoms with E-state index in [4.69, 9.17) is 4.74 Å². The molecule has 0 atom stereocenters. The molecule has 3 aromatic carbocycles. The summed E-state index contributed by atoms with van der Waals surface area (Å²) in [6, 6.07) is 21.6. The number of fused-ring (bicyclic) bond motifs is 1. The van der Waals surface area contributed by atoms with Crippen LogP contribution in [0, 0.1) is 0 Å². The Hall–Kier alpha value is -3.14. The number of amides is 1. The molecule has 0 aliphatic carbocycles. The van der Waals surface area contributed by atoms with Crippen molar-refractivity contribution >= 4 is 22.9 Å². The highest BCUT2D eigenvalue weighted by atomic mass is 16.5. The topological polar surface area (TPSA) is 50.7 Å². The zero-order valence-corrected chi connectivity index (χ0v) is 14.1. The normalized spacial score (nSPS) is 10.9. The van der Waals surface area contributed by atoms with Gasteiger partial charge in [-0.05, 0) is 35.4 Å². The van der Waals surface area contributed by atoms with Gasteiger partial charge in [0, 0.05) is 5.56 Å². The van der Waals surface area contributed by atoms with Gasteiger partial charge in [-0.1, -0.05) is 54.6 Å². The lowest BCUT2D eigenvalue weighted by Crippen LogP contribution is -2.20. The van der Waals surface area contributed by atoms with Gasteiger partial charge in [-0.25, -0.2) is 5.43 Å². The Morgan fingerprint density at radius 2 is 1.80 bits per heavy atom. The minimum Gasteiger partial charge on any atom is -0.493 e. The predicted molar refractivity (Wildman–Crippen MR) is 101 cm³/mol. The summed E-state index contributed by atoms with van der Waals surface area (Å²) in [6.07, 6.45) is 1.89. The van der Waals surface area contributed by atoms with Crippen LogP contribution in [0.2, 0.25) is 0 Å². The van der Waals surface area contributed by atoms with Crippen molar-refractivity contribution in [2.24, 2.45) is 5.10 Å². The van der Waals surface area contributed by atoms with Crippen molar-refractivity contribution in [3.63, 3.8) is 0 Å². The lowest BCUT2D eigenvalue weighted by atomic mass is 10.0. The Morgan fingerprint density at radius 3 is 2.68 bits per heavy atom. The van der Waals surface area contributed by atoms with Crippen LogP contribution in [0.15, 0.2) is 71.8 Å². The lowest BCUT2D eigenvalue weighted by Gasteiger charge is -2.07. The molecule has 0 aliphatic rings. The molecule has 0 spiro atoms. The van der Waals surface area contributed by atoms with E-state index in [2.05, 4.69) is 10.5 Å². The second-order valence-electron chi connectivity index (χ2n) is 5.58. The van der Waals surface area contributed by atoms with Crippen LogP contribution in [-0.2, 0) is 11.2 Å². The number of nitrogens with one attached hydrogen (secondary N) is 1. The Kier molecular flexibility index (Phi) is 5.42. The molecule has 126 valence electrons. The Labute approximate surface area is 147 Å². The van der Waals surface area contributed by atoms with E-state index in [1.165, 1.54) is 0 Å². The Bertz CT molecular complexity index is 898. The summed E-state index contributed by atoms with van der Waals surface area (Å²) in [7, 11) is 0. The van der Waals surface area contributed by atoms with Gasteiger partial charge in [-0.2, -0.15) is 5.10 Å². The number of carbonyl (C=O) groups excluding carboxylic acids is 1. The molecule has 0 bridgehead atoms. The average molecular weight is 332 g/mol. The molecule has 0 unspecified atom stereocenters. The fraction of sp³-hybridized carbons (Fsp3) is 0.143. The fourth-order valence-corrected chi connectivity index (χ4v) is 2.71. The van der Waals surface area contributed by atoms with Gasteiger partial charge in [0.1, 0.15) is 5.75 Å². The van der Waals surface area contributed by atoms with Gasteiger partial charge >= 0.3 is 0 Å². The minimum atomic E-state index is -0.151. The number of carbonyl (C=O) groups is 1. The number of hydrogen-bond acceptors (Lipinski definition) is 3. The van der Waals surface area contributed by atoms with Crippen LogP contribution in [0.4, 0.5) is 0 Å². The molecule has 0 aliphatic heterocycles. The number of rotatable bonds is 6. The highest BCUT2D eigenvalue weighted by molar-refractivity contribution is 5.91. The second-order valence-corrected chi connectivity index (χ2v) is 5.58. The number of hydrazone groups is 1. The van der Waals surface area contributed by atoms with Crippen LogP contribution in [0.1, 0.15) is 18.1 Å². The molecule has 1 N–H and O–H groups in total. The smallest absolute Gasteiger partial charge is 0.244 e. The van der Waals surface area contributed by atoms with E-state index in [1.807, 2.05) is 73.7 Å². The SMILES string of the molecule is CCOc1ccccc1/C=N\NC(=O)Cc1cccc2ccccc12. The molecule has 0 aromatic heterocycles. The van der Waals surface area contributed by atoms with Gasteiger partial charge in [0.2, 0.25) is 5.91 Å². The van der Waals surface area contributed by atoms with Crippen LogP contribution >= 0.6 is 0 Å². The molecular formula is C21H20N2O2. The van der Waals surface area contributed by atoms with Crippen molar-refractivity contribution in [3.05, 3.63) is 77.9 Å². The summed E-state index contributed by atoms with van der Waals surface area (Å²) in [4.78, 5) is 12.2. The van der Waals surface area contributed by atoms with Crippen molar-refractivity contribution in [3.8, 4) is 5.75 Å². The van der Waals surface area contributed by atoms with Gasteiger partial charge in [-0.15, -0.1) is 0 Å². The molecule has 0 radical (unpaired) electrons. The van der Waals surface area contributed by atoms with E-state index in [0.717, 1.165) is 27.6 Å². The van der Waals surface area contributed by atoms with E-state index in [9.17, 15) is 4.79 Å². The first-order chi connectivity index (χ1) is 12.3. The Balaban J connectivity index is 1.67. The number of benzene rings is 3. The average Bonchev–Trinajstić information content (AvgIpc) is 2.64. The lowest BCUT2D eigenvalue weighted by molar-refractivity contribution is -0.120. The van der Waals surface area contributed by atoms with Gasteiger partial charge in [0.15, 0.2) is 0 Å². The van der Waals surface area contributed by atoms with Crippen LogP contribution < -0.4 is 10.2 Å². The second kappa shape index (κ2) is 8.11. The van der Waals surface area contributed by atoms with Crippen molar-refractivity contribution in [2.45, 2.75) is 13.3 Å². The summed E-state index contributed by atoms with van der Waals surface area (Å²) in [6.45, 7) is 2.51. The third-order valence-electron chi connectivity index (χ3n) is 3.84. The number of ether oxygens (including phenoxy) is 1. The van der Waals surface area contributed by atoms with Gasteiger partial charge in [0.25, 0.3) is 0 Å². The predicted octanol–water partition coefficient (Wildman–Crippen LogP) is 3.93. The fourth-order valence-electron chi connectivity index (χ4n) is 2.71. The van der Waals surface area contributed by atoms with Gasteiger partial charge in [-0.3, -0.25) is 4.79 Å². The molecule has 0 heterocycles. The van der Waals surface area contributed by atoms with Gasteiger partial charge in [0.05, 0.1) is 19.2 Å². The molecule has 3 aromatic rings. The number of nitrogens with zero attached hydrogens (tertiary/aromatic N) is 1. The molecule has 3 rings (SSSR count). The first-order valence-corrected chi connectivity index (χ1v) is 8.28. The number of para-hydroxylation sites is 1. The molecule has 0 saturated carbocycles. The molecule has 4 heteroatoms. The van der Waals surface area contributed by atoms with Crippen LogP contribution in [0.25, 0.3) is 10.8 Å². The number of hydrogen-bond donors (Lipinski definition) is 1. The first-order valence-electron chi connectivity index (χ1n) is 8.28. The van der Waals surface area contributed by atoms with E-state index < -0.39 is 0 Å². The molecule has 25 heavy (non-hydrogen) atoms. The third kappa shape index (κ3) is 4.23. The largest absolute Gasteiger partial charge is 0.493 e. The summed E-state index contributed by atoms with van der Waals surface area (Å²) in [5.74, 6) is 0.596. The zero-order chi connectivity index (χ0) is 17.5. The summed E-state index contributed by atoms with van der Waals surface area (Å²) < 4.78 is 5.53. The first kappa shape index (κ1) is 16.7. The van der Waals surface area contributed by atoms with Crippen molar-refractivity contribution in [1.82, 2.24) is 5.43 Å². The van der Waals surface area contributed by atoms with E-state index in [-0.39, 0.29) is 12.3 Å². The van der Waals surface area contributed by atoms with E-state index in [1.54, 1.807) is 6.21 Å². The van der Waals surface area contributed by atoms with E-state index >= 15 is 0 Å². The standard InChI is InChI=1S/C21H20N2O2/c1-2-25-20-13-6-4-9-18(20)15-22-23-21(24)14-17-11-7-10-16-8-3-5-12-19(16)17/h3-13,15H,2,14H2,1H3,(H,23,24)/b22-15-. The summed E-state index contributed by atoms with van der Waals surface area (Å²) >= 11 is 0. The maximum atomic E-state index is 12.2. The molecule has 4 nitrogen and oxygen atoms in total. The maximum absolute atomic E-state index is 12.2. The summed E-state index contributed by atoms with van der Waals surface area (Å²) in [5.41, 5.74) is 4.40. The molecule has 1 amide bonds. The quantitative estimate of drug-likeness (QED) is 0.549. The highest BCUT2D eigenvalue weighted by Crippen LogP contribution is 2.19. The van der Waals surface area contributed by atoms with Gasteiger partial charge < -0.3 is 4.74 Å². The van der Waals surface area contributed by atoms with Crippen molar-refractivity contribution < 1.29 is 9.53 Å². The van der Waals surface area contributed by atoms with E-state index in [0.29, 0.717) is 6.61 Å². The van der Waals surface area contributed by atoms with Crippen LogP contribution in [0.5, 0.6) is 5.75 Å².